The quantitative estimate of drug-likeness (QED) is 0.834. The predicted octanol–water partition coefficient (Wildman–Crippen LogP) is 4.03. The Morgan fingerprint density at radius 1 is 1.37 bits per heavy atom. The molecule has 1 saturated carbocycles. The summed E-state index contributed by atoms with van der Waals surface area (Å²) in [5.41, 5.74) is 2.78. The lowest BCUT2D eigenvalue weighted by Gasteiger charge is -2.39. The van der Waals surface area contributed by atoms with Crippen molar-refractivity contribution in [3.05, 3.63) is 35.4 Å². The highest BCUT2D eigenvalue weighted by atomic mass is 16.5. The highest BCUT2D eigenvalue weighted by Gasteiger charge is 2.35. The van der Waals surface area contributed by atoms with E-state index in [0.717, 1.165) is 12.3 Å². The number of methoxy groups -OCH3 is 1. The summed E-state index contributed by atoms with van der Waals surface area (Å²) in [4.78, 5) is 0. The molecule has 106 valence electrons. The van der Waals surface area contributed by atoms with E-state index < -0.39 is 0 Å². The lowest BCUT2D eigenvalue weighted by atomic mass is 9.75. The van der Waals surface area contributed by atoms with Crippen molar-refractivity contribution in [1.82, 2.24) is 5.32 Å². The Balaban J connectivity index is 2.37. The molecule has 0 spiro atoms. The van der Waals surface area contributed by atoms with E-state index in [9.17, 15) is 0 Å². The fourth-order valence-corrected chi connectivity index (χ4v) is 3.12. The van der Waals surface area contributed by atoms with E-state index in [0.29, 0.717) is 0 Å². The van der Waals surface area contributed by atoms with Crippen LogP contribution in [0.25, 0.3) is 0 Å². The molecule has 0 amide bonds. The number of benzene rings is 1. The van der Waals surface area contributed by atoms with Crippen LogP contribution in [-0.2, 0) is 4.74 Å². The number of likely N-dealkylation sites (N-methyl/N-ethyl adjacent to an activating group) is 1. The molecule has 1 aliphatic carbocycles. The Morgan fingerprint density at radius 2 is 2.05 bits per heavy atom. The van der Waals surface area contributed by atoms with Crippen molar-refractivity contribution in [3.63, 3.8) is 0 Å². The summed E-state index contributed by atoms with van der Waals surface area (Å²) in [7, 11) is 3.86. The van der Waals surface area contributed by atoms with Gasteiger partial charge in [0.15, 0.2) is 0 Å². The van der Waals surface area contributed by atoms with Crippen LogP contribution in [0.4, 0.5) is 0 Å². The van der Waals surface area contributed by atoms with Gasteiger partial charge in [0, 0.05) is 7.11 Å². The van der Waals surface area contributed by atoms with Crippen LogP contribution in [-0.4, -0.2) is 19.8 Å². The van der Waals surface area contributed by atoms with Gasteiger partial charge in [-0.05, 0) is 50.3 Å². The van der Waals surface area contributed by atoms with Crippen molar-refractivity contribution in [2.75, 3.05) is 14.2 Å². The third kappa shape index (κ3) is 2.70. The second-order valence-corrected chi connectivity index (χ2v) is 5.85. The molecule has 0 heterocycles. The molecule has 2 unspecified atom stereocenters. The van der Waals surface area contributed by atoms with Crippen LogP contribution < -0.4 is 5.32 Å². The average molecular weight is 261 g/mol. The van der Waals surface area contributed by atoms with Gasteiger partial charge in [0.1, 0.15) is 0 Å². The first kappa shape index (κ1) is 14.5. The van der Waals surface area contributed by atoms with Gasteiger partial charge < -0.3 is 10.1 Å². The van der Waals surface area contributed by atoms with E-state index in [1.165, 1.54) is 30.4 Å². The molecular formula is C17H27NO. The molecule has 0 bridgehead atoms. The average Bonchev–Trinajstić information content (AvgIpc) is 2.39. The zero-order valence-corrected chi connectivity index (χ0v) is 12.7. The van der Waals surface area contributed by atoms with Crippen LogP contribution >= 0.6 is 0 Å². The van der Waals surface area contributed by atoms with Crippen LogP contribution in [0.2, 0.25) is 0 Å². The van der Waals surface area contributed by atoms with E-state index in [1.807, 2.05) is 14.2 Å². The number of hydrogen-bond donors (Lipinski definition) is 1. The molecule has 1 aromatic rings. The second-order valence-electron chi connectivity index (χ2n) is 5.85. The minimum absolute atomic E-state index is 0.158. The van der Waals surface area contributed by atoms with Crippen LogP contribution in [0.1, 0.15) is 62.6 Å². The molecule has 1 aliphatic rings. The lowest BCUT2D eigenvalue weighted by molar-refractivity contribution is -0.0284. The van der Waals surface area contributed by atoms with Crippen LogP contribution in [0.3, 0.4) is 0 Å². The van der Waals surface area contributed by atoms with E-state index in [4.69, 9.17) is 4.74 Å². The molecule has 0 saturated heterocycles. The van der Waals surface area contributed by atoms with Crippen molar-refractivity contribution >= 4 is 0 Å². The first-order valence-electron chi connectivity index (χ1n) is 7.47. The van der Waals surface area contributed by atoms with Gasteiger partial charge in [0.05, 0.1) is 11.6 Å². The lowest BCUT2D eigenvalue weighted by Crippen LogP contribution is -2.42. The molecule has 1 N–H and O–H groups in total. The van der Waals surface area contributed by atoms with Crippen LogP contribution in [0.15, 0.2) is 24.3 Å². The Morgan fingerprint density at radius 3 is 2.53 bits per heavy atom. The Hall–Kier alpha value is -0.860. The molecule has 0 aliphatic heterocycles. The molecule has 2 nitrogen and oxygen atoms in total. The van der Waals surface area contributed by atoms with Crippen molar-refractivity contribution in [2.24, 2.45) is 0 Å². The van der Waals surface area contributed by atoms with Gasteiger partial charge in [-0.1, -0.05) is 37.6 Å². The van der Waals surface area contributed by atoms with Crippen molar-refractivity contribution < 1.29 is 4.74 Å². The summed E-state index contributed by atoms with van der Waals surface area (Å²) in [5, 5.41) is 3.48. The maximum Gasteiger partial charge on any atom is 0.0841 e. The van der Waals surface area contributed by atoms with E-state index >= 15 is 0 Å². The largest absolute Gasteiger partial charge is 0.377 e. The Labute approximate surface area is 117 Å². The maximum absolute atomic E-state index is 5.82. The number of rotatable bonds is 6. The molecule has 0 radical (unpaired) electrons. The molecule has 1 fully saturated rings. The first-order chi connectivity index (χ1) is 9.16. The molecule has 0 aromatic heterocycles. The molecular weight excluding hydrogens is 234 g/mol. The molecule has 1 aromatic carbocycles. The normalized spacial score (nSPS) is 20.6. The van der Waals surface area contributed by atoms with Gasteiger partial charge in [0.25, 0.3) is 0 Å². The van der Waals surface area contributed by atoms with Gasteiger partial charge in [-0.3, -0.25) is 0 Å². The van der Waals surface area contributed by atoms with Crippen molar-refractivity contribution in [2.45, 2.75) is 57.1 Å². The summed E-state index contributed by atoms with van der Waals surface area (Å²) in [6.45, 7) is 4.39. The number of ether oxygens (including phenoxy) is 1. The fourth-order valence-electron chi connectivity index (χ4n) is 3.12. The predicted molar refractivity (Wildman–Crippen MR) is 80.5 cm³/mol. The minimum Gasteiger partial charge on any atom is -0.377 e. The molecule has 2 heteroatoms. The number of hydrogen-bond acceptors (Lipinski definition) is 2. The van der Waals surface area contributed by atoms with Gasteiger partial charge >= 0.3 is 0 Å². The second kappa shape index (κ2) is 6.06. The maximum atomic E-state index is 5.82. The highest BCUT2D eigenvalue weighted by molar-refractivity contribution is 5.35. The van der Waals surface area contributed by atoms with Gasteiger partial charge in [-0.15, -0.1) is 0 Å². The Bertz CT molecular complexity index is 407. The Kier molecular flexibility index (Phi) is 4.64. The van der Waals surface area contributed by atoms with Crippen LogP contribution in [0, 0.1) is 0 Å². The molecule has 2 atom stereocenters. The van der Waals surface area contributed by atoms with Gasteiger partial charge in [-0.2, -0.15) is 0 Å². The van der Waals surface area contributed by atoms with Gasteiger partial charge in [-0.25, -0.2) is 0 Å². The molecule has 2 rings (SSSR count). The molecule has 19 heavy (non-hydrogen) atoms. The summed E-state index contributed by atoms with van der Waals surface area (Å²) in [6.07, 6.45) is 5.04. The van der Waals surface area contributed by atoms with Crippen molar-refractivity contribution in [3.8, 4) is 0 Å². The number of nitrogens with one attached hydrogen (secondary N) is 1. The third-order valence-corrected chi connectivity index (χ3v) is 4.92. The van der Waals surface area contributed by atoms with Crippen molar-refractivity contribution in [1.29, 1.82) is 0 Å². The van der Waals surface area contributed by atoms with Gasteiger partial charge in [0.2, 0.25) is 0 Å². The summed E-state index contributed by atoms with van der Waals surface area (Å²) in [5.74, 6) is 0.755. The zero-order chi connectivity index (χ0) is 13.9. The van der Waals surface area contributed by atoms with Crippen LogP contribution in [0.5, 0.6) is 0 Å². The van der Waals surface area contributed by atoms with E-state index in [1.54, 1.807) is 0 Å². The standard InChI is InChI=1S/C17H27NO/c1-5-17(2,19-4)16(18-3)15-12-7-6-11-14(15)13-9-8-10-13/h6-7,11-13,16,18H,5,8-10H2,1-4H3. The van der Waals surface area contributed by atoms with E-state index in [2.05, 4.69) is 43.4 Å². The first-order valence-corrected chi connectivity index (χ1v) is 7.47. The highest BCUT2D eigenvalue weighted by Crippen LogP contribution is 2.42. The smallest absolute Gasteiger partial charge is 0.0841 e. The third-order valence-electron chi connectivity index (χ3n) is 4.92. The summed E-state index contributed by atoms with van der Waals surface area (Å²) in [6, 6.07) is 9.13. The SMILES string of the molecule is CCC(C)(OC)C(NC)c1ccccc1C1CCC1. The summed E-state index contributed by atoms with van der Waals surface area (Å²) < 4.78 is 5.82. The minimum atomic E-state index is -0.158. The topological polar surface area (TPSA) is 21.3 Å². The monoisotopic (exact) mass is 261 g/mol. The van der Waals surface area contributed by atoms with E-state index in [-0.39, 0.29) is 11.6 Å². The fraction of sp³-hybridized carbons (Fsp3) is 0.647. The zero-order valence-electron chi connectivity index (χ0n) is 12.7. The summed E-state index contributed by atoms with van der Waals surface area (Å²) >= 11 is 0.